The number of hydrogen-bond donors (Lipinski definition) is 2. The molecule has 2 rings (SSSR count). The summed E-state index contributed by atoms with van der Waals surface area (Å²) in [5, 5.41) is 10.7. The molecule has 1 aliphatic heterocycles. The minimum absolute atomic E-state index is 0.186. The lowest BCUT2D eigenvalue weighted by molar-refractivity contribution is -0.132. The van der Waals surface area contributed by atoms with Crippen molar-refractivity contribution in [2.75, 3.05) is 13.1 Å². The Morgan fingerprint density at radius 1 is 1.56 bits per heavy atom. The molecule has 100 valence electrons. The minimum atomic E-state index is -0.186. The molecule has 0 saturated carbocycles. The fourth-order valence-corrected chi connectivity index (χ4v) is 3.10. The number of thiophene rings is 1. The molecule has 0 aromatic carbocycles. The second-order valence-electron chi connectivity index (χ2n) is 5.52. The summed E-state index contributed by atoms with van der Waals surface area (Å²) in [6.45, 7) is 6.06. The van der Waals surface area contributed by atoms with Crippen LogP contribution in [0.1, 0.15) is 32.3 Å². The summed E-state index contributed by atoms with van der Waals surface area (Å²) < 4.78 is 0. The highest BCUT2D eigenvalue weighted by Crippen LogP contribution is 2.28. The van der Waals surface area contributed by atoms with Crippen LogP contribution in [0.15, 0.2) is 16.8 Å². The summed E-state index contributed by atoms with van der Waals surface area (Å²) >= 11 is 1.71. The highest BCUT2D eigenvalue weighted by Gasteiger charge is 2.34. The van der Waals surface area contributed by atoms with Gasteiger partial charge in [-0.05, 0) is 61.7 Å². The number of hydrogen-bond acceptors (Lipinski definition) is 3. The van der Waals surface area contributed by atoms with E-state index in [1.165, 1.54) is 5.56 Å². The Morgan fingerprint density at radius 2 is 2.28 bits per heavy atom. The van der Waals surface area contributed by atoms with Gasteiger partial charge in [0.15, 0.2) is 0 Å². The van der Waals surface area contributed by atoms with Crippen LogP contribution in [-0.4, -0.2) is 25.0 Å². The molecule has 18 heavy (non-hydrogen) atoms. The third kappa shape index (κ3) is 3.33. The molecule has 2 heterocycles. The van der Waals surface area contributed by atoms with Gasteiger partial charge in [-0.2, -0.15) is 11.3 Å². The lowest BCUT2D eigenvalue weighted by Gasteiger charge is -2.33. The summed E-state index contributed by atoms with van der Waals surface area (Å²) in [6.07, 6.45) is 2.79. The van der Waals surface area contributed by atoms with Crippen LogP contribution in [-0.2, 0) is 11.2 Å². The molecule has 4 heteroatoms. The number of amides is 1. The van der Waals surface area contributed by atoms with Crippen LogP contribution in [0.4, 0.5) is 0 Å². The molecule has 0 radical (unpaired) electrons. The van der Waals surface area contributed by atoms with E-state index in [1.54, 1.807) is 11.3 Å². The van der Waals surface area contributed by atoms with E-state index >= 15 is 0 Å². The van der Waals surface area contributed by atoms with Gasteiger partial charge in [0, 0.05) is 11.5 Å². The molecule has 1 atom stereocenters. The average Bonchev–Trinajstić information content (AvgIpc) is 2.82. The molecule has 1 saturated heterocycles. The molecular weight excluding hydrogens is 244 g/mol. The molecule has 0 bridgehead atoms. The first-order valence-corrected chi connectivity index (χ1v) is 7.57. The largest absolute Gasteiger partial charge is 0.353 e. The smallest absolute Gasteiger partial charge is 0.226 e. The molecule has 1 aliphatic rings. The highest BCUT2D eigenvalue weighted by atomic mass is 32.1. The predicted molar refractivity (Wildman–Crippen MR) is 75.8 cm³/mol. The monoisotopic (exact) mass is 266 g/mol. The van der Waals surface area contributed by atoms with Gasteiger partial charge in [-0.1, -0.05) is 6.92 Å². The fourth-order valence-electron chi connectivity index (χ4n) is 2.42. The van der Waals surface area contributed by atoms with Gasteiger partial charge in [0.05, 0.1) is 0 Å². The van der Waals surface area contributed by atoms with Gasteiger partial charge in [0.1, 0.15) is 0 Å². The van der Waals surface area contributed by atoms with E-state index in [4.69, 9.17) is 0 Å². The number of piperidine rings is 1. The zero-order valence-corrected chi connectivity index (χ0v) is 12.0. The van der Waals surface area contributed by atoms with Crippen molar-refractivity contribution in [1.29, 1.82) is 0 Å². The van der Waals surface area contributed by atoms with Gasteiger partial charge in [-0.25, -0.2) is 0 Å². The van der Waals surface area contributed by atoms with E-state index in [9.17, 15) is 4.79 Å². The first-order chi connectivity index (χ1) is 8.60. The maximum absolute atomic E-state index is 12.3. The van der Waals surface area contributed by atoms with E-state index in [0.717, 1.165) is 32.4 Å². The highest BCUT2D eigenvalue weighted by molar-refractivity contribution is 7.07. The molecule has 1 amide bonds. The molecule has 1 aromatic heterocycles. The number of carbonyl (C=O) groups is 1. The van der Waals surface area contributed by atoms with Crippen molar-refractivity contribution in [3.63, 3.8) is 0 Å². The lowest BCUT2D eigenvalue weighted by atomic mass is 9.80. The normalized spacial score (nSPS) is 20.3. The molecule has 0 spiro atoms. The Labute approximate surface area is 113 Å². The third-order valence-electron chi connectivity index (χ3n) is 3.75. The molecule has 1 fully saturated rings. The summed E-state index contributed by atoms with van der Waals surface area (Å²) in [5.41, 5.74) is 1.12. The Bertz CT molecular complexity index is 383. The van der Waals surface area contributed by atoms with Gasteiger partial charge < -0.3 is 10.6 Å². The maximum atomic E-state index is 12.3. The van der Waals surface area contributed by atoms with E-state index in [-0.39, 0.29) is 17.4 Å². The third-order valence-corrected chi connectivity index (χ3v) is 4.49. The van der Waals surface area contributed by atoms with Crippen molar-refractivity contribution in [1.82, 2.24) is 10.6 Å². The molecule has 2 N–H and O–H groups in total. The molecule has 0 aliphatic carbocycles. The zero-order chi connectivity index (χ0) is 13.0. The van der Waals surface area contributed by atoms with Crippen LogP contribution in [0.25, 0.3) is 0 Å². The van der Waals surface area contributed by atoms with E-state index < -0.39 is 0 Å². The molecular formula is C14H22N2OS. The Balaban J connectivity index is 1.86. The number of nitrogens with one attached hydrogen (secondary N) is 2. The van der Waals surface area contributed by atoms with Crippen molar-refractivity contribution in [3.05, 3.63) is 22.4 Å². The van der Waals surface area contributed by atoms with Gasteiger partial charge >= 0.3 is 0 Å². The maximum Gasteiger partial charge on any atom is 0.226 e. The average molecular weight is 266 g/mol. The van der Waals surface area contributed by atoms with Crippen molar-refractivity contribution < 1.29 is 4.79 Å². The zero-order valence-electron chi connectivity index (χ0n) is 11.2. The Morgan fingerprint density at radius 3 is 2.89 bits per heavy atom. The van der Waals surface area contributed by atoms with E-state index in [0.29, 0.717) is 0 Å². The summed E-state index contributed by atoms with van der Waals surface area (Å²) in [6, 6.07) is 2.33. The standard InChI is InChI=1S/C14H22N2OS/c1-11(9-12-3-8-18-10-12)16-13(17)14(2)4-6-15-7-5-14/h3,8,10-11,15H,4-7,9H2,1-2H3,(H,16,17). The van der Waals surface area contributed by atoms with Crippen molar-refractivity contribution in [2.24, 2.45) is 5.41 Å². The number of rotatable bonds is 4. The Hall–Kier alpha value is -0.870. The summed E-state index contributed by atoms with van der Waals surface area (Å²) in [4.78, 5) is 12.3. The Kier molecular flexibility index (Phi) is 4.40. The molecule has 1 aromatic rings. The molecule has 3 nitrogen and oxygen atoms in total. The predicted octanol–water partition coefficient (Wildman–Crippen LogP) is 2.18. The summed E-state index contributed by atoms with van der Waals surface area (Å²) in [5.74, 6) is 0.215. The SMILES string of the molecule is CC(Cc1ccsc1)NC(=O)C1(C)CCNCC1. The van der Waals surface area contributed by atoms with Gasteiger partial charge in [-0.15, -0.1) is 0 Å². The minimum Gasteiger partial charge on any atom is -0.353 e. The first kappa shape index (κ1) is 13.6. The van der Waals surface area contributed by atoms with Crippen molar-refractivity contribution in [2.45, 2.75) is 39.2 Å². The summed E-state index contributed by atoms with van der Waals surface area (Å²) in [7, 11) is 0. The van der Waals surface area contributed by atoms with Gasteiger partial charge in [0.2, 0.25) is 5.91 Å². The van der Waals surface area contributed by atoms with Gasteiger partial charge in [0.25, 0.3) is 0 Å². The van der Waals surface area contributed by atoms with E-state index in [2.05, 4.69) is 41.3 Å². The van der Waals surface area contributed by atoms with Crippen molar-refractivity contribution >= 4 is 17.2 Å². The van der Waals surface area contributed by atoms with Crippen LogP contribution < -0.4 is 10.6 Å². The fraction of sp³-hybridized carbons (Fsp3) is 0.643. The second kappa shape index (κ2) is 5.85. The molecule has 1 unspecified atom stereocenters. The number of carbonyl (C=O) groups excluding carboxylic acids is 1. The van der Waals surface area contributed by atoms with E-state index in [1.807, 2.05) is 0 Å². The lowest BCUT2D eigenvalue weighted by Crippen LogP contribution is -2.48. The van der Waals surface area contributed by atoms with Crippen LogP contribution >= 0.6 is 11.3 Å². The van der Waals surface area contributed by atoms with Gasteiger partial charge in [-0.3, -0.25) is 4.79 Å². The van der Waals surface area contributed by atoms with Crippen LogP contribution in [0.3, 0.4) is 0 Å². The van der Waals surface area contributed by atoms with Crippen molar-refractivity contribution in [3.8, 4) is 0 Å². The van der Waals surface area contributed by atoms with Crippen LogP contribution in [0.5, 0.6) is 0 Å². The first-order valence-electron chi connectivity index (χ1n) is 6.63. The van der Waals surface area contributed by atoms with Crippen LogP contribution in [0, 0.1) is 5.41 Å². The van der Waals surface area contributed by atoms with Crippen LogP contribution in [0.2, 0.25) is 0 Å². The quantitative estimate of drug-likeness (QED) is 0.877. The topological polar surface area (TPSA) is 41.1 Å². The second-order valence-corrected chi connectivity index (χ2v) is 6.30.